The minimum Gasteiger partial charge on any atom is -0.491 e. The highest BCUT2D eigenvalue weighted by Crippen LogP contribution is 2.39. The number of carbonyl (C=O) groups excluding carboxylic acids is 2. The minimum absolute atomic E-state index is 0.00905. The van der Waals surface area contributed by atoms with Gasteiger partial charge in [-0.15, -0.1) is 0 Å². The summed E-state index contributed by atoms with van der Waals surface area (Å²) in [5.74, 6) is -2.83. The summed E-state index contributed by atoms with van der Waals surface area (Å²) in [6.45, 7) is 7.85. The number of nitrogens with two attached hydrogens (primary N) is 1. The van der Waals surface area contributed by atoms with Crippen LogP contribution in [0.15, 0.2) is 22.7 Å². The van der Waals surface area contributed by atoms with Gasteiger partial charge in [-0.25, -0.2) is 8.78 Å². The van der Waals surface area contributed by atoms with E-state index in [9.17, 15) is 14.7 Å². The number of carbonyl (C=O) groups is 2. The van der Waals surface area contributed by atoms with Crippen molar-refractivity contribution in [3.8, 4) is 17.0 Å². The molecule has 4 rings (SSSR count). The smallest absolute Gasteiger partial charge is 0.251 e. The standard InChI is InChI=1S/C27H32F2N4O5Si/c1-6-16-19(28)12-18(26(24(16)29)39(3,4)5)17-9-14(13-37-2)31-20-7-8-33(25(23(17)20)27(30)36)22(35)11-15-10-21(34)32-38-15/h9-10,12,25H,6-8,11,13H2,1-5H3,(H2,30,36)(H,32,34). The summed E-state index contributed by atoms with van der Waals surface area (Å²) in [5.41, 5.74) is 7.96. The monoisotopic (exact) mass is 558 g/mol. The topological polar surface area (TPSA) is 132 Å². The molecule has 1 aliphatic heterocycles. The number of hydrogen-bond acceptors (Lipinski definition) is 7. The predicted molar refractivity (Wildman–Crippen MR) is 142 cm³/mol. The summed E-state index contributed by atoms with van der Waals surface area (Å²) in [7, 11) is -0.915. The molecule has 12 heteroatoms. The summed E-state index contributed by atoms with van der Waals surface area (Å²) in [4.78, 5) is 32.3. The third kappa shape index (κ3) is 5.43. The van der Waals surface area contributed by atoms with Crippen molar-refractivity contribution in [2.24, 2.45) is 5.73 Å². The lowest BCUT2D eigenvalue weighted by molar-refractivity contribution is -0.139. The fourth-order valence-electron chi connectivity index (χ4n) is 5.25. The SMILES string of the molecule is CCc1c(F)cc(-c2cc(COC)nc3c2C(C(N)=O)N(C(=O)Cc2cc(O)no2)CC3)c([Si](C)(C)C)c1F. The number of benzene rings is 1. The number of pyridine rings is 1. The van der Waals surface area contributed by atoms with Crippen LogP contribution in [0, 0.1) is 11.6 Å². The quantitative estimate of drug-likeness (QED) is 0.406. The summed E-state index contributed by atoms with van der Waals surface area (Å²) in [5, 5.41) is 13.3. The van der Waals surface area contributed by atoms with E-state index >= 15 is 8.78 Å². The van der Waals surface area contributed by atoms with E-state index in [0.717, 1.165) is 0 Å². The summed E-state index contributed by atoms with van der Waals surface area (Å²) in [6.07, 6.45) is 0.186. The molecule has 1 unspecified atom stereocenters. The van der Waals surface area contributed by atoms with Crippen molar-refractivity contribution in [1.29, 1.82) is 0 Å². The van der Waals surface area contributed by atoms with Crippen LogP contribution in [0.25, 0.3) is 11.1 Å². The number of primary amides is 1. The Morgan fingerprint density at radius 3 is 2.51 bits per heavy atom. The molecule has 1 atom stereocenters. The Morgan fingerprint density at radius 1 is 1.23 bits per heavy atom. The van der Waals surface area contributed by atoms with Gasteiger partial charge in [0.2, 0.25) is 11.8 Å². The molecule has 0 spiro atoms. The van der Waals surface area contributed by atoms with Gasteiger partial charge in [-0.1, -0.05) is 26.6 Å². The van der Waals surface area contributed by atoms with Gasteiger partial charge in [0, 0.05) is 43.0 Å². The molecular weight excluding hydrogens is 526 g/mol. The molecule has 3 aromatic rings. The van der Waals surface area contributed by atoms with E-state index < -0.39 is 37.6 Å². The fourth-order valence-corrected chi connectivity index (χ4v) is 7.07. The molecule has 1 aliphatic rings. The van der Waals surface area contributed by atoms with Crippen molar-refractivity contribution in [2.45, 2.75) is 58.5 Å². The van der Waals surface area contributed by atoms with E-state index in [1.165, 1.54) is 24.1 Å². The Hall–Kier alpha value is -3.64. The molecule has 9 nitrogen and oxygen atoms in total. The van der Waals surface area contributed by atoms with E-state index in [2.05, 4.69) is 10.1 Å². The third-order valence-corrected chi connectivity index (χ3v) is 8.81. The zero-order valence-corrected chi connectivity index (χ0v) is 23.6. The van der Waals surface area contributed by atoms with Gasteiger partial charge in [-0.2, -0.15) is 0 Å². The second kappa shape index (κ2) is 10.9. The fraction of sp³-hybridized carbons (Fsp3) is 0.407. The Kier molecular flexibility index (Phi) is 7.89. The molecule has 1 aromatic carbocycles. The highest BCUT2D eigenvalue weighted by Gasteiger charge is 2.39. The first-order chi connectivity index (χ1) is 18.4. The lowest BCUT2D eigenvalue weighted by Gasteiger charge is -2.37. The molecule has 0 saturated carbocycles. The van der Waals surface area contributed by atoms with Crippen LogP contribution in [0.5, 0.6) is 5.88 Å². The molecule has 3 heterocycles. The van der Waals surface area contributed by atoms with Crippen LogP contribution in [0.2, 0.25) is 19.6 Å². The maximum Gasteiger partial charge on any atom is 0.251 e. The van der Waals surface area contributed by atoms with Gasteiger partial charge in [-0.3, -0.25) is 14.6 Å². The summed E-state index contributed by atoms with van der Waals surface area (Å²) >= 11 is 0. The first-order valence-corrected chi connectivity index (χ1v) is 16.1. The number of rotatable bonds is 8. The van der Waals surface area contributed by atoms with Crippen molar-refractivity contribution in [2.75, 3.05) is 13.7 Å². The van der Waals surface area contributed by atoms with E-state index in [1.54, 1.807) is 13.0 Å². The van der Waals surface area contributed by atoms with E-state index in [4.69, 9.17) is 15.0 Å². The maximum absolute atomic E-state index is 15.9. The summed E-state index contributed by atoms with van der Waals surface area (Å²) in [6, 6.07) is 2.94. The number of aromatic nitrogens is 2. The molecule has 2 amide bonds. The van der Waals surface area contributed by atoms with Crippen LogP contribution in [-0.2, 0) is 40.2 Å². The van der Waals surface area contributed by atoms with Crippen LogP contribution < -0.4 is 10.9 Å². The maximum atomic E-state index is 15.9. The van der Waals surface area contributed by atoms with Gasteiger partial charge in [0.1, 0.15) is 23.4 Å². The number of nitrogens with zero attached hydrogens (tertiary/aromatic N) is 3. The van der Waals surface area contributed by atoms with Gasteiger partial charge >= 0.3 is 0 Å². The van der Waals surface area contributed by atoms with Crippen molar-refractivity contribution < 1.29 is 32.7 Å². The number of fused-ring (bicyclic) bond motifs is 1. The van der Waals surface area contributed by atoms with Gasteiger partial charge in [0.15, 0.2) is 0 Å². The molecule has 0 radical (unpaired) electrons. The van der Waals surface area contributed by atoms with Gasteiger partial charge in [0.25, 0.3) is 5.88 Å². The zero-order chi connectivity index (χ0) is 28.6. The highest BCUT2D eigenvalue weighted by atomic mass is 28.3. The lowest BCUT2D eigenvalue weighted by atomic mass is 9.87. The van der Waals surface area contributed by atoms with Gasteiger partial charge in [0.05, 0.1) is 26.8 Å². The van der Waals surface area contributed by atoms with Gasteiger partial charge < -0.3 is 25.0 Å². The molecule has 0 aliphatic carbocycles. The Bertz CT molecular complexity index is 1440. The molecule has 0 bridgehead atoms. The number of aromatic hydroxyl groups is 1. The predicted octanol–water partition coefficient (Wildman–Crippen LogP) is 3.13. The van der Waals surface area contributed by atoms with E-state index in [1.807, 2.05) is 19.6 Å². The van der Waals surface area contributed by atoms with Crippen LogP contribution in [0.1, 0.15) is 41.2 Å². The van der Waals surface area contributed by atoms with Crippen molar-refractivity contribution in [3.63, 3.8) is 0 Å². The Labute approximate surface area is 226 Å². The van der Waals surface area contributed by atoms with Crippen LogP contribution in [0.3, 0.4) is 0 Å². The largest absolute Gasteiger partial charge is 0.491 e. The molecule has 3 N–H and O–H groups in total. The van der Waals surface area contributed by atoms with Crippen molar-refractivity contribution in [1.82, 2.24) is 15.0 Å². The second-order valence-corrected chi connectivity index (χ2v) is 15.6. The molecule has 2 aromatic heterocycles. The first-order valence-electron chi connectivity index (χ1n) is 12.6. The zero-order valence-electron chi connectivity index (χ0n) is 22.6. The van der Waals surface area contributed by atoms with Crippen LogP contribution in [0.4, 0.5) is 8.78 Å². The number of halogens is 2. The van der Waals surface area contributed by atoms with E-state index in [0.29, 0.717) is 33.3 Å². The Balaban J connectivity index is 1.97. The number of methoxy groups -OCH3 is 1. The lowest BCUT2D eigenvalue weighted by Crippen LogP contribution is -2.47. The molecule has 0 fully saturated rings. The minimum atomic E-state index is -2.43. The number of ether oxygens (including phenoxy) is 1. The average molecular weight is 559 g/mol. The number of amides is 2. The number of hydrogen-bond donors (Lipinski definition) is 2. The highest BCUT2D eigenvalue weighted by molar-refractivity contribution is 6.89. The Morgan fingerprint density at radius 2 is 1.95 bits per heavy atom. The normalized spacial score (nSPS) is 15.4. The van der Waals surface area contributed by atoms with Crippen LogP contribution in [-0.4, -0.2) is 53.7 Å². The van der Waals surface area contributed by atoms with Crippen LogP contribution >= 0.6 is 0 Å². The van der Waals surface area contributed by atoms with Crippen molar-refractivity contribution in [3.05, 3.63) is 58.1 Å². The third-order valence-electron chi connectivity index (χ3n) is 6.83. The average Bonchev–Trinajstić information content (AvgIpc) is 3.26. The molecule has 0 saturated heterocycles. The summed E-state index contributed by atoms with van der Waals surface area (Å²) < 4.78 is 41.5. The van der Waals surface area contributed by atoms with Crippen molar-refractivity contribution >= 4 is 25.1 Å². The van der Waals surface area contributed by atoms with E-state index in [-0.39, 0.29) is 49.6 Å². The molecular formula is C27H32F2N4O5Si. The second-order valence-electron chi connectivity index (χ2n) is 10.6. The molecule has 208 valence electrons. The molecule has 39 heavy (non-hydrogen) atoms. The first kappa shape index (κ1) is 28.4. The van der Waals surface area contributed by atoms with Gasteiger partial charge in [-0.05, 0) is 40.0 Å².